The minimum Gasteiger partial charge on any atom is -0.350 e. The molecule has 0 spiro atoms. The highest BCUT2D eigenvalue weighted by atomic mass is 16.2. The highest BCUT2D eigenvalue weighted by Gasteiger charge is 2.33. The molecule has 3 heterocycles. The Balaban J connectivity index is 1.55. The number of carbonyl (C=O) groups excluding carboxylic acids is 2. The van der Waals surface area contributed by atoms with E-state index >= 15 is 0 Å². The van der Waals surface area contributed by atoms with Crippen molar-refractivity contribution in [1.29, 1.82) is 0 Å². The van der Waals surface area contributed by atoms with Crippen molar-refractivity contribution in [2.24, 2.45) is 0 Å². The van der Waals surface area contributed by atoms with E-state index in [2.05, 4.69) is 15.3 Å². The van der Waals surface area contributed by atoms with Gasteiger partial charge in [0.05, 0.1) is 30.6 Å². The summed E-state index contributed by atoms with van der Waals surface area (Å²) in [4.78, 5) is 34.8. The summed E-state index contributed by atoms with van der Waals surface area (Å²) in [5, 5.41) is 2.93. The standard InChI is InChI=1S/C18H17N5O2/c1-22-15-5-3-2-4-13(15)14(8-17(22)24)18(25)21-10-12-9-20-16-11-19-6-7-23(12)16/h2-7,9,11,14H,8,10H2,1H3,(H,21,25)/t14-/m0/s1. The zero-order valence-corrected chi connectivity index (χ0v) is 13.7. The number of carbonyl (C=O) groups is 2. The fourth-order valence-electron chi connectivity index (χ4n) is 3.20. The fraction of sp³-hybridized carbons (Fsp3) is 0.222. The molecule has 1 N–H and O–H groups in total. The van der Waals surface area contributed by atoms with Gasteiger partial charge in [-0.25, -0.2) is 4.98 Å². The summed E-state index contributed by atoms with van der Waals surface area (Å²) in [5.74, 6) is -0.682. The van der Waals surface area contributed by atoms with Gasteiger partial charge in [0, 0.05) is 31.5 Å². The van der Waals surface area contributed by atoms with Crippen molar-refractivity contribution in [3.8, 4) is 0 Å². The summed E-state index contributed by atoms with van der Waals surface area (Å²) >= 11 is 0. The van der Waals surface area contributed by atoms with Gasteiger partial charge in [-0.1, -0.05) is 18.2 Å². The molecule has 25 heavy (non-hydrogen) atoms. The van der Waals surface area contributed by atoms with Gasteiger partial charge in [-0.15, -0.1) is 0 Å². The van der Waals surface area contributed by atoms with E-state index in [1.165, 1.54) is 0 Å². The van der Waals surface area contributed by atoms with Crippen LogP contribution in [0.15, 0.2) is 49.1 Å². The largest absolute Gasteiger partial charge is 0.350 e. The van der Waals surface area contributed by atoms with Crippen LogP contribution in [-0.4, -0.2) is 33.2 Å². The van der Waals surface area contributed by atoms with Crippen molar-refractivity contribution in [2.75, 3.05) is 11.9 Å². The number of fused-ring (bicyclic) bond motifs is 2. The van der Waals surface area contributed by atoms with Gasteiger partial charge in [0.2, 0.25) is 11.8 Å². The molecule has 0 saturated carbocycles. The zero-order chi connectivity index (χ0) is 17.4. The molecule has 2 amide bonds. The molecule has 1 aromatic carbocycles. The normalized spacial score (nSPS) is 16.8. The van der Waals surface area contributed by atoms with E-state index in [1.54, 1.807) is 36.7 Å². The molecule has 0 radical (unpaired) electrons. The minimum absolute atomic E-state index is 0.0558. The van der Waals surface area contributed by atoms with E-state index in [0.29, 0.717) is 6.54 Å². The maximum absolute atomic E-state index is 12.7. The molecule has 0 fully saturated rings. The van der Waals surface area contributed by atoms with E-state index < -0.39 is 5.92 Å². The van der Waals surface area contributed by atoms with Crippen molar-refractivity contribution < 1.29 is 9.59 Å². The van der Waals surface area contributed by atoms with Crippen LogP contribution in [0, 0.1) is 0 Å². The lowest BCUT2D eigenvalue weighted by Gasteiger charge is -2.30. The van der Waals surface area contributed by atoms with Gasteiger partial charge in [0.15, 0.2) is 5.65 Å². The van der Waals surface area contributed by atoms with Crippen LogP contribution in [0.1, 0.15) is 23.6 Å². The molecule has 4 rings (SSSR count). The summed E-state index contributed by atoms with van der Waals surface area (Å²) in [5.41, 5.74) is 3.26. The summed E-state index contributed by atoms with van der Waals surface area (Å²) in [6.45, 7) is 0.340. The maximum atomic E-state index is 12.7. The lowest BCUT2D eigenvalue weighted by Crippen LogP contribution is -2.39. The van der Waals surface area contributed by atoms with E-state index in [0.717, 1.165) is 22.6 Å². The lowest BCUT2D eigenvalue weighted by atomic mass is 9.89. The van der Waals surface area contributed by atoms with E-state index in [4.69, 9.17) is 0 Å². The number of benzene rings is 1. The number of hydrogen-bond acceptors (Lipinski definition) is 4. The molecular weight excluding hydrogens is 318 g/mol. The van der Waals surface area contributed by atoms with Crippen molar-refractivity contribution in [3.63, 3.8) is 0 Å². The summed E-state index contributed by atoms with van der Waals surface area (Å²) < 4.78 is 1.88. The first-order valence-electron chi connectivity index (χ1n) is 8.04. The molecule has 7 heteroatoms. The van der Waals surface area contributed by atoms with Crippen molar-refractivity contribution in [2.45, 2.75) is 18.9 Å². The van der Waals surface area contributed by atoms with Gasteiger partial charge >= 0.3 is 0 Å². The van der Waals surface area contributed by atoms with E-state index in [9.17, 15) is 9.59 Å². The molecule has 0 bridgehead atoms. The Labute approximate surface area is 144 Å². The molecule has 7 nitrogen and oxygen atoms in total. The Bertz CT molecular complexity index is 965. The molecule has 126 valence electrons. The number of para-hydroxylation sites is 1. The van der Waals surface area contributed by atoms with Crippen LogP contribution in [0.4, 0.5) is 5.69 Å². The second-order valence-corrected chi connectivity index (χ2v) is 6.04. The predicted octanol–water partition coefficient (Wildman–Crippen LogP) is 1.50. The average Bonchev–Trinajstić information content (AvgIpc) is 3.06. The van der Waals surface area contributed by atoms with Crippen LogP contribution in [0.2, 0.25) is 0 Å². The number of imidazole rings is 1. The SMILES string of the molecule is CN1C(=O)C[C@H](C(=O)NCc2cnc3cnccn23)c2ccccc21. The van der Waals surface area contributed by atoms with Crippen LogP contribution in [0.5, 0.6) is 0 Å². The lowest BCUT2D eigenvalue weighted by molar-refractivity contribution is -0.127. The number of hydrogen-bond donors (Lipinski definition) is 1. The van der Waals surface area contributed by atoms with Gasteiger partial charge in [-0.3, -0.25) is 19.0 Å². The van der Waals surface area contributed by atoms with Crippen LogP contribution in [0.25, 0.3) is 5.65 Å². The Morgan fingerprint density at radius 3 is 3.04 bits per heavy atom. The third-order valence-corrected chi connectivity index (χ3v) is 4.58. The molecule has 1 atom stereocenters. The Morgan fingerprint density at radius 1 is 1.32 bits per heavy atom. The molecule has 0 aliphatic carbocycles. The number of aromatic nitrogens is 3. The summed E-state index contributed by atoms with van der Waals surface area (Å²) in [6, 6.07) is 7.53. The van der Waals surface area contributed by atoms with Crippen molar-refractivity contribution >= 4 is 23.1 Å². The molecule has 0 unspecified atom stereocenters. The second kappa shape index (κ2) is 6.01. The average molecular weight is 335 g/mol. The highest BCUT2D eigenvalue weighted by Crippen LogP contribution is 2.35. The highest BCUT2D eigenvalue weighted by molar-refractivity contribution is 6.02. The fourth-order valence-corrected chi connectivity index (χ4v) is 3.20. The summed E-state index contributed by atoms with van der Waals surface area (Å²) in [7, 11) is 1.74. The smallest absolute Gasteiger partial charge is 0.228 e. The second-order valence-electron chi connectivity index (χ2n) is 6.04. The zero-order valence-electron chi connectivity index (χ0n) is 13.7. The number of rotatable bonds is 3. The van der Waals surface area contributed by atoms with Gasteiger partial charge < -0.3 is 10.2 Å². The van der Waals surface area contributed by atoms with Crippen molar-refractivity contribution in [3.05, 3.63) is 60.3 Å². The Kier molecular flexibility index (Phi) is 3.68. The van der Waals surface area contributed by atoms with Gasteiger partial charge in [0.25, 0.3) is 0 Å². The van der Waals surface area contributed by atoms with Crippen LogP contribution < -0.4 is 10.2 Å². The molecule has 3 aromatic rings. The van der Waals surface area contributed by atoms with E-state index in [1.807, 2.05) is 28.7 Å². The number of amides is 2. The number of nitrogens with one attached hydrogen (secondary N) is 1. The molecule has 2 aromatic heterocycles. The number of nitrogens with zero attached hydrogens (tertiary/aromatic N) is 4. The number of anilines is 1. The van der Waals surface area contributed by atoms with Gasteiger partial charge in [-0.2, -0.15) is 0 Å². The summed E-state index contributed by atoms with van der Waals surface area (Å²) in [6.07, 6.45) is 7.03. The Hall–Kier alpha value is -3.22. The maximum Gasteiger partial charge on any atom is 0.228 e. The van der Waals surface area contributed by atoms with Crippen LogP contribution in [0.3, 0.4) is 0 Å². The van der Waals surface area contributed by atoms with Crippen molar-refractivity contribution in [1.82, 2.24) is 19.7 Å². The minimum atomic E-state index is -0.472. The van der Waals surface area contributed by atoms with Gasteiger partial charge in [-0.05, 0) is 11.6 Å². The first kappa shape index (κ1) is 15.3. The first-order valence-corrected chi connectivity index (χ1v) is 8.04. The first-order chi connectivity index (χ1) is 12.1. The third kappa shape index (κ3) is 2.63. The predicted molar refractivity (Wildman–Crippen MR) is 92.0 cm³/mol. The quantitative estimate of drug-likeness (QED) is 0.786. The molecule has 1 aliphatic heterocycles. The third-order valence-electron chi connectivity index (χ3n) is 4.58. The van der Waals surface area contributed by atoms with Crippen LogP contribution >= 0.6 is 0 Å². The Morgan fingerprint density at radius 2 is 2.16 bits per heavy atom. The topological polar surface area (TPSA) is 79.6 Å². The molecule has 1 aliphatic rings. The van der Waals surface area contributed by atoms with Gasteiger partial charge in [0.1, 0.15) is 0 Å². The molecular formula is C18H17N5O2. The van der Waals surface area contributed by atoms with E-state index in [-0.39, 0.29) is 18.2 Å². The van der Waals surface area contributed by atoms with Crippen LogP contribution in [-0.2, 0) is 16.1 Å². The molecule has 0 saturated heterocycles. The monoisotopic (exact) mass is 335 g/mol.